The van der Waals surface area contributed by atoms with E-state index >= 15 is 0 Å². The lowest BCUT2D eigenvalue weighted by atomic mass is 9.77. The zero-order valence-corrected chi connectivity index (χ0v) is 13.2. The maximum Gasteiger partial charge on any atom is 0.124 e. The topological polar surface area (TPSA) is 56.5 Å². The van der Waals surface area contributed by atoms with Gasteiger partial charge < -0.3 is 9.47 Å². The van der Waals surface area contributed by atoms with Crippen LogP contribution in [0.2, 0.25) is 0 Å². The third-order valence-corrected chi connectivity index (χ3v) is 4.43. The van der Waals surface area contributed by atoms with E-state index in [0.29, 0.717) is 19.1 Å². The Bertz CT molecular complexity index is 425. The van der Waals surface area contributed by atoms with Crippen LogP contribution in [-0.4, -0.2) is 20.3 Å². The maximum absolute atomic E-state index is 5.87. The Kier molecular flexibility index (Phi) is 6.49. The van der Waals surface area contributed by atoms with Crippen LogP contribution in [0.5, 0.6) is 5.75 Å². The molecule has 1 saturated carbocycles. The van der Waals surface area contributed by atoms with Crippen LogP contribution in [0.3, 0.4) is 0 Å². The molecule has 0 saturated heterocycles. The normalized spacial score (nSPS) is 23.8. The van der Waals surface area contributed by atoms with E-state index in [1.807, 2.05) is 12.1 Å². The van der Waals surface area contributed by atoms with Crippen LogP contribution in [0.15, 0.2) is 24.3 Å². The summed E-state index contributed by atoms with van der Waals surface area (Å²) in [5, 5.41) is 0. The molecule has 3 unspecified atom stereocenters. The minimum atomic E-state index is 0.159. The molecule has 4 heteroatoms. The van der Waals surface area contributed by atoms with Crippen molar-refractivity contribution in [1.29, 1.82) is 0 Å². The predicted octanol–water partition coefficient (Wildman–Crippen LogP) is 3.04. The van der Waals surface area contributed by atoms with Crippen molar-refractivity contribution in [3.63, 3.8) is 0 Å². The molecule has 2 rings (SSSR count). The Hall–Kier alpha value is -1.10. The van der Waals surface area contributed by atoms with E-state index in [2.05, 4.69) is 24.5 Å². The number of methoxy groups -OCH3 is 1. The summed E-state index contributed by atoms with van der Waals surface area (Å²) in [7, 11) is 1.68. The van der Waals surface area contributed by atoms with Crippen LogP contribution in [0, 0.1) is 11.8 Å². The molecule has 1 aliphatic carbocycles. The molecule has 0 aliphatic heterocycles. The number of hydrazine groups is 1. The first-order chi connectivity index (χ1) is 10.3. The second-order valence-corrected chi connectivity index (χ2v) is 6.06. The summed E-state index contributed by atoms with van der Waals surface area (Å²) in [5.41, 5.74) is 4.19. The van der Waals surface area contributed by atoms with Crippen molar-refractivity contribution in [3.05, 3.63) is 29.8 Å². The van der Waals surface area contributed by atoms with Gasteiger partial charge in [0.05, 0.1) is 12.6 Å². The number of hydrogen-bond donors (Lipinski definition) is 2. The van der Waals surface area contributed by atoms with Crippen LogP contribution in [0.25, 0.3) is 0 Å². The van der Waals surface area contributed by atoms with Crippen molar-refractivity contribution in [1.82, 2.24) is 5.43 Å². The lowest BCUT2D eigenvalue weighted by Crippen LogP contribution is -2.36. The number of rotatable bonds is 7. The summed E-state index contributed by atoms with van der Waals surface area (Å²) in [4.78, 5) is 0. The quantitative estimate of drug-likeness (QED) is 0.461. The molecule has 118 valence electrons. The molecular weight excluding hydrogens is 264 g/mol. The van der Waals surface area contributed by atoms with Crippen molar-refractivity contribution >= 4 is 0 Å². The van der Waals surface area contributed by atoms with Gasteiger partial charge in [0.25, 0.3) is 0 Å². The average Bonchev–Trinajstić information content (AvgIpc) is 2.50. The van der Waals surface area contributed by atoms with E-state index in [0.717, 1.165) is 17.2 Å². The molecule has 0 heterocycles. The number of nitrogens with two attached hydrogens (primary N) is 1. The SMILES string of the molecule is COCCOc1ccccc1C(NN)C1CCCC(C)C1. The summed E-state index contributed by atoms with van der Waals surface area (Å²) in [6.45, 7) is 3.49. The summed E-state index contributed by atoms with van der Waals surface area (Å²) in [6.07, 6.45) is 5.07. The fraction of sp³-hybridized carbons (Fsp3) is 0.647. The third kappa shape index (κ3) is 4.43. The molecule has 4 nitrogen and oxygen atoms in total. The number of hydrogen-bond acceptors (Lipinski definition) is 4. The highest BCUT2D eigenvalue weighted by atomic mass is 16.5. The van der Waals surface area contributed by atoms with Crippen molar-refractivity contribution in [3.8, 4) is 5.75 Å². The van der Waals surface area contributed by atoms with Gasteiger partial charge >= 0.3 is 0 Å². The van der Waals surface area contributed by atoms with Gasteiger partial charge in [-0.25, -0.2) is 0 Å². The number of benzene rings is 1. The molecule has 0 spiro atoms. The summed E-state index contributed by atoms with van der Waals surface area (Å²) >= 11 is 0. The predicted molar refractivity (Wildman–Crippen MR) is 85.0 cm³/mol. The first-order valence-corrected chi connectivity index (χ1v) is 7.93. The summed E-state index contributed by atoms with van der Waals surface area (Å²) in [6, 6.07) is 8.34. The molecule has 21 heavy (non-hydrogen) atoms. The van der Waals surface area contributed by atoms with Crippen molar-refractivity contribution in [2.45, 2.75) is 38.6 Å². The first kappa shape index (κ1) is 16.3. The van der Waals surface area contributed by atoms with Gasteiger partial charge in [0.15, 0.2) is 0 Å². The molecule has 3 atom stereocenters. The molecule has 1 aliphatic rings. The maximum atomic E-state index is 5.87. The van der Waals surface area contributed by atoms with Gasteiger partial charge in [-0.1, -0.05) is 38.0 Å². The Labute approximate surface area is 128 Å². The average molecular weight is 292 g/mol. The van der Waals surface area contributed by atoms with E-state index in [9.17, 15) is 0 Å². The van der Waals surface area contributed by atoms with Crippen LogP contribution in [0.1, 0.15) is 44.2 Å². The Balaban J connectivity index is 2.13. The Morgan fingerprint density at radius 1 is 1.29 bits per heavy atom. The minimum absolute atomic E-state index is 0.159. The zero-order valence-electron chi connectivity index (χ0n) is 13.2. The zero-order chi connectivity index (χ0) is 15.1. The number of nitrogens with one attached hydrogen (secondary N) is 1. The third-order valence-electron chi connectivity index (χ3n) is 4.43. The number of ether oxygens (including phenoxy) is 2. The van der Waals surface area contributed by atoms with E-state index in [-0.39, 0.29) is 6.04 Å². The fourth-order valence-corrected chi connectivity index (χ4v) is 3.37. The molecule has 1 aromatic rings. The standard InChI is InChI=1S/C17H28N2O2/c1-13-6-5-7-14(12-13)17(19-18)15-8-3-4-9-16(15)21-11-10-20-2/h3-4,8-9,13-14,17,19H,5-7,10-12,18H2,1-2H3. The van der Waals surface area contributed by atoms with Gasteiger partial charge in [-0.15, -0.1) is 0 Å². The van der Waals surface area contributed by atoms with E-state index < -0.39 is 0 Å². The van der Waals surface area contributed by atoms with Gasteiger partial charge in [0.1, 0.15) is 12.4 Å². The monoisotopic (exact) mass is 292 g/mol. The van der Waals surface area contributed by atoms with Crippen LogP contribution in [-0.2, 0) is 4.74 Å². The molecule has 3 N–H and O–H groups in total. The van der Waals surface area contributed by atoms with Crippen LogP contribution >= 0.6 is 0 Å². The lowest BCUT2D eigenvalue weighted by Gasteiger charge is -2.33. The Morgan fingerprint density at radius 2 is 2.10 bits per heavy atom. The molecule has 1 aromatic carbocycles. The highest BCUT2D eigenvalue weighted by molar-refractivity contribution is 5.36. The highest BCUT2D eigenvalue weighted by Crippen LogP contribution is 2.39. The van der Waals surface area contributed by atoms with E-state index in [4.69, 9.17) is 15.3 Å². The molecular formula is C17H28N2O2. The smallest absolute Gasteiger partial charge is 0.124 e. The van der Waals surface area contributed by atoms with Gasteiger partial charge in [0, 0.05) is 12.7 Å². The molecule has 0 bridgehead atoms. The molecule has 0 amide bonds. The largest absolute Gasteiger partial charge is 0.491 e. The Morgan fingerprint density at radius 3 is 2.81 bits per heavy atom. The first-order valence-electron chi connectivity index (χ1n) is 7.93. The molecule has 0 radical (unpaired) electrons. The summed E-state index contributed by atoms with van der Waals surface area (Å²) < 4.78 is 10.9. The molecule has 1 fully saturated rings. The van der Waals surface area contributed by atoms with Gasteiger partial charge in [-0.05, 0) is 30.7 Å². The second kappa shape index (κ2) is 8.37. The van der Waals surface area contributed by atoms with E-state index in [1.165, 1.54) is 25.7 Å². The van der Waals surface area contributed by atoms with Gasteiger partial charge in [-0.3, -0.25) is 11.3 Å². The van der Waals surface area contributed by atoms with Gasteiger partial charge in [-0.2, -0.15) is 0 Å². The lowest BCUT2D eigenvalue weighted by molar-refractivity contribution is 0.144. The van der Waals surface area contributed by atoms with E-state index in [1.54, 1.807) is 7.11 Å². The van der Waals surface area contributed by atoms with Crippen LogP contribution < -0.4 is 16.0 Å². The van der Waals surface area contributed by atoms with Crippen molar-refractivity contribution in [2.24, 2.45) is 17.7 Å². The summed E-state index contributed by atoms with van der Waals surface area (Å²) in [5.74, 6) is 8.14. The van der Waals surface area contributed by atoms with Crippen molar-refractivity contribution in [2.75, 3.05) is 20.3 Å². The minimum Gasteiger partial charge on any atom is -0.491 e. The van der Waals surface area contributed by atoms with Crippen molar-refractivity contribution < 1.29 is 9.47 Å². The molecule has 0 aromatic heterocycles. The second-order valence-electron chi connectivity index (χ2n) is 6.06. The van der Waals surface area contributed by atoms with Crippen LogP contribution in [0.4, 0.5) is 0 Å². The number of para-hydroxylation sites is 1. The fourth-order valence-electron chi connectivity index (χ4n) is 3.37. The van der Waals surface area contributed by atoms with Gasteiger partial charge in [0.2, 0.25) is 0 Å². The highest BCUT2D eigenvalue weighted by Gasteiger charge is 2.28.